The molecule has 1 saturated carbocycles. The Morgan fingerprint density at radius 2 is 1.72 bits per heavy atom. The zero-order valence-corrected chi connectivity index (χ0v) is 11.8. The lowest BCUT2D eigenvalue weighted by Gasteiger charge is -2.22. The van der Waals surface area contributed by atoms with E-state index in [2.05, 4.69) is 36.5 Å². The van der Waals surface area contributed by atoms with Crippen LogP contribution < -0.4 is 5.32 Å². The fourth-order valence-corrected chi connectivity index (χ4v) is 2.93. The number of nitrogens with one attached hydrogen (secondary N) is 1. The first kappa shape index (κ1) is 13.6. The summed E-state index contributed by atoms with van der Waals surface area (Å²) >= 11 is 0. The first-order valence-electron chi connectivity index (χ1n) is 7.69. The Kier molecular flexibility index (Phi) is 5.73. The number of rotatable bonds is 6. The van der Waals surface area contributed by atoms with Crippen molar-refractivity contribution in [2.24, 2.45) is 0 Å². The van der Waals surface area contributed by atoms with Crippen LogP contribution in [0.2, 0.25) is 0 Å². The molecule has 1 fully saturated rings. The molecule has 2 rings (SSSR count). The van der Waals surface area contributed by atoms with Gasteiger partial charge in [-0.1, -0.05) is 50.5 Å². The SMILES string of the molecule is CCCNCCc1ccc(C2CCCCC2)cc1. The van der Waals surface area contributed by atoms with E-state index in [1.54, 1.807) is 5.56 Å². The second-order valence-corrected chi connectivity index (χ2v) is 5.58. The van der Waals surface area contributed by atoms with Gasteiger partial charge in [0.05, 0.1) is 0 Å². The van der Waals surface area contributed by atoms with E-state index in [1.165, 1.54) is 44.1 Å². The molecule has 18 heavy (non-hydrogen) atoms. The number of hydrogen-bond acceptors (Lipinski definition) is 1. The van der Waals surface area contributed by atoms with Crippen LogP contribution in [-0.2, 0) is 6.42 Å². The molecule has 0 saturated heterocycles. The highest BCUT2D eigenvalue weighted by Crippen LogP contribution is 2.32. The van der Waals surface area contributed by atoms with Crippen molar-refractivity contribution in [2.45, 2.75) is 57.8 Å². The Bertz CT molecular complexity index is 322. The van der Waals surface area contributed by atoms with Crippen LogP contribution in [0.25, 0.3) is 0 Å². The molecule has 0 atom stereocenters. The molecule has 0 bridgehead atoms. The standard InChI is InChI=1S/C17H27N/c1-2-13-18-14-12-15-8-10-17(11-9-15)16-6-4-3-5-7-16/h8-11,16,18H,2-7,12-14H2,1H3. The average molecular weight is 245 g/mol. The zero-order valence-electron chi connectivity index (χ0n) is 11.8. The third-order valence-corrected chi connectivity index (χ3v) is 4.07. The molecular formula is C17H27N. The summed E-state index contributed by atoms with van der Waals surface area (Å²) in [6.45, 7) is 4.46. The molecule has 0 aromatic heterocycles. The lowest BCUT2D eigenvalue weighted by atomic mass is 9.84. The molecule has 0 heterocycles. The second kappa shape index (κ2) is 7.58. The lowest BCUT2D eigenvalue weighted by Crippen LogP contribution is -2.17. The Balaban J connectivity index is 1.81. The number of benzene rings is 1. The van der Waals surface area contributed by atoms with E-state index in [0.717, 1.165) is 25.4 Å². The fraction of sp³-hybridized carbons (Fsp3) is 0.647. The van der Waals surface area contributed by atoms with Gasteiger partial charge in [-0.2, -0.15) is 0 Å². The van der Waals surface area contributed by atoms with Gasteiger partial charge >= 0.3 is 0 Å². The maximum atomic E-state index is 3.46. The molecule has 0 amide bonds. The number of hydrogen-bond donors (Lipinski definition) is 1. The highest BCUT2D eigenvalue weighted by molar-refractivity contribution is 5.25. The van der Waals surface area contributed by atoms with Gasteiger partial charge in [-0.05, 0) is 55.8 Å². The summed E-state index contributed by atoms with van der Waals surface area (Å²) in [5.74, 6) is 0.839. The smallest absolute Gasteiger partial charge is 0.000835 e. The van der Waals surface area contributed by atoms with E-state index in [-0.39, 0.29) is 0 Å². The van der Waals surface area contributed by atoms with Crippen LogP contribution in [0.4, 0.5) is 0 Å². The summed E-state index contributed by atoms with van der Waals surface area (Å²) in [7, 11) is 0. The first-order valence-corrected chi connectivity index (χ1v) is 7.69. The van der Waals surface area contributed by atoms with Crippen molar-refractivity contribution in [3.63, 3.8) is 0 Å². The third kappa shape index (κ3) is 4.13. The molecular weight excluding hydrogens is 218 g/mol. The quantitative estimate of drug-likeness (QED) is 0.738. The summed E-state index contributed by atoms with van der Waals surface area (Å²) < 4.78 is 0. The zero-order chi connectivity index (χ0) is 12.6. The summed E-state index contributed by atoms with van der Waals surface area (Å²) in [6, 6.07) is 9.39. The van der Waals surface area contributed by atoms with E-state index >= 15 is 0 Å². The van der Waals surface area contributed by atoms with Crippen molar-refractivity contribution in [3.8, 4) is 0 Å². The Morgan fingerprint density at radius 1 is 1.00 bits per heavy atom. The summed E-state index contributed by atoms with van der Waals surface area (Å²) in [4.78, 5) is 0. The van der Waals surface area contributed by atoms with Crippen molar-refractivity contribution in [2.75, 3.05) is 13.1 Å². The molecule has 0 aliphatic heterocycles. The molecule has 1 aliphatic rings. The van der Waals surface area contributed by atoms with Gasteiger partial charge in [-0.3, -0.25) is 0 Å². The Labute approximate surface area is 112 Å². The van der Waals surface area contributed by atoms with Crippen LogP contribution >= 0.6 is 0 Å². The van der Waals surface area contributed by atoms with E-state index in [0.29, 0.717) is 0 Å². The minimum absolute atomic E-state index is 0.839. The van der Waals surface area contributed by atoms with Crippen molar-refractivity contribution in [1.29, 1.82) is 0 Å². The minimum Gasteiger partial charge on any atom is -0.316 e. The van der Waals surface area contributed by atoms with Gasteiger partial charge < -0.3 is 5.32 Å². The third-order valence-electron chi connectivity index (χ3n) is 4.07. The van der Waals surface area contributed by atoms with Crippen LogP contribution in [0.5, 0.6) is 0 Å². The van der Waals surface area contributed by atoms with Crippen LogP contribution in [0.3, 0.4) is 0 Å². The van der Waals surface area contributed by atoms with Crippen molar-refractivity contribution in [3.05, 3.63) is 35.4 Å². The van der Waals surface area contributed by atoms with Gasteiger partial charge in [0.15, 0.2) is 0 Å². The summed E-state index contributed by atoms with van der Waals surface area (Å²) in [5, 5.41) is 3.46. The molecule has 1 N–H and O–H groups in total. The van der Waals surface area contributed by atoms with Crippen LogP contribution in [0, 0.1) is 0 Å². The van der Waals surface area contributed by atoms with E-state index in [9.17, 15) is 0 Å². The monoisotopic (exact) mass is 245 g/mol. The largest absolute Gasteiger partial charge is 0.316 e. The first-order chi connectivity index (χ1) is 8.90. The molecule has 100 valence electrons. The topological polar surface area (TPSA) is 12.0 Å². The summed E-state index contributed by atoms with van der Waals surface area (Å²) in [6.07, 6.45) is 9.47. The molecule has 1 nitrogen and oxygen atoms in total. The van der Waals surface area contributed by atoms with Gasteiger partial charge in [-0.15, -0.1) is 0 Å². The predicted octanol–water partition coefficient (Wildman–Crippen LogP) is 4.28. The van der Waals surface area contributed by atoms with Crippen LogP contribution in [0.15, 0.2) is 24.3 Å². The van der Waals surface area contributed by atoms with Crippen molar-refractivity contribution in [1.82, 2.24) is 5.32 Å². The molecule has 1 aromatic rings. The Hall–Kier alpha value is -0.820. The summed E-state index contributed by atoms with van der Waals surface area (Å²) in [5.41, 5.74) is 3.04. The van der Waals surface area contributed by atoms with Gasteiger partial charge in [0.25, 0.3) is 0 Å². The average Bonchev–Trinajstić information content (AvgIpc) is 2.45. The van der Waals surface area contributed by atoms with Crippen LogP contribution in [0.1, 0.15) is 62.5 Å². The lowest BCUT2D eigenvalue weighted by molar-refractivity contribution is 0.443. The highest BCUT2D eigenvalue weighted by atomic mass is 14.8. The van der Waals surface area contributed by atoms with Crippen molar-refractivity contribution >= 4 is 0 Å². The van der Waals surface area contributed by atoms with Gasteiger partial charge in [0, 0.05) is 0 Å². The normalized spacial score (nSPS) is 16.9. The van der Waals surface area contributed by atoms with Crippen LogP contribution in [-0.4, -0.2) is 13.1 Å². The molecule has 0 unspecified atom stereocenters. The van der Waals surface area contributed by atoms with E-state index in [1.807, 2.05) is 0 Å². The second-order valence-electron chi connectivity index (χ2n) is 5.58. The highest BCUT2D eigenvalue weighted by Gasteiger charge is 2.14. The van der Waals surface area contributed by atoms with E-state index < -0.39 is 0 Å². The maximum Gasteiger partial charge on any atom is -0.000835 e. The maximum absolute atomic E-state index is 3.46. The molecule has 1 aliphatic carbocycles. The Morgan fingerprint density at radius 3 is 2.39 bits per heavy atom. The fourth-order valence-electron chi connectivity index (χ4n) is 2.93. The molecule has 1 heteroatoms. The van der Waals surface area contributed by atoms with Gasteiger partial charge in [0.1, 0.15) is 0 Å². The van der Waals surface area contributed by atoms with Crippen molar-refractivity contribution < 1.29 is 0 Å². The van der Waals surface area contributed by atoms with E-state index in [4.69, 9.17) is 0 Å². The van der Waals surface area contributed by atoms with Gasteiger partial charge in [0.2, 0.25) is 0 Å². The molecule has 1 aromatic carbocycles. The predicted molar refractivity (Wildman–Crippen MR) is 79.1 cm³/mol. The molecule has 0 radical (unpaired) electrons. The minimum atomic E-state index is 0.839. The molecule has 0 spiro atoms. The van der Waals surface area contributed by atoms with Gasteiger partial charge in [-0.25, -0.2) is 0 Å².